The second-order valence-electron chi connectivity index (χ2n) is 9.20. The van der Waals surface area contributed by atoms with Crippen LogP contribution in [0.5, 0.6) is 0 Å². The first-order valence-corrected chi connectivity index (χ1v) is 14.5. The van der Waals surface area contributed by atoms with Crippen LogP contribution in [0, 0.1) is 0 Å². The number of esters is 1. The number of rotatable bonds is 10. The first-order chi connectivity index (χ1) is 19.5. The normalized spacial score (nSPS) is 12.4. The molecule has 0 aliphatic carbocycles. The van der Waals surface area contributed by atoms with Crippen LogP contribution in [-0.2, 0) is 28.5 Å². The number of amides is 1. The molecule has 3 aromatic carbocycles. The Morgan fingerprint density at radius 3 is 2.39 bits per heavy atom. The van der Waals surface area contributed by atoms with Gasteiger partial charge in [0.15, 0.2) is 6.04 Å². The quantitative estimate of drug-likeness (QED) is 0.146. The Kier molecular flexibility index (Phi) is 9.71. The van der Waals surface area contributed by atoms with Crippen LogP contribution in [0.4, 0.5) is 13.2 Å². The lowest BCUT2D eigenvalue weighted by Crippen LogP contribution is -2.35. The van der Waals surface area contributed by atoms with Gasteiger partial charge in [-0.25, -0.2) is 4.79 Å². The van der Waals surface area contributed by atoms with Crippen LogP contribution >= 0.6 is 23.4 Å². The maximum Gasteiger partial charge on any atom is 0.416 e. The predicted octanol–water partition coefficient (Wildman–Crippen LogP) is 8.40. The van der Waals surface area contributed by atoms with Gasteiger partial charge in [-0.05, 0) is 66.6 Å². The number of ether oxygens (including phenoxy) is 1. The molecule has 0 spiro atoms. The molecule has 216 valence electrons. The Bertz CT molecular complexity index is 1550. The lowest BCUT2D eigenvalue weighted by molar-refractivity contribution is -0.145. The highest BCUT2D eigenvalue weighted by Crippen LogP contribution is 2.37. The van der Waals surface area contributed by atoms with Gasteiger partial charge in [-0.1, -0.05) is 49.7 Å². The summed E-state index contributed by atoms with van der Waals surface area (Å²) >= 11 is 7.49. The van der Waals surface area contributed by atoms with Gasteiger partial charge in [0.05, 0.1) is 12.2 Å². The van der Waals surface area contributed by atoms with Crippen LogP contribution in [0.2, 0.25) is 5.02 Å². The zero-order valence-corrected chi connectivity index (χ0v) is 24.3. The molecule has 0 saturated carbocycles. The third kappa shape index (κ3) is 7.08. The molecule has 0 bridgehead atoms. The van der Waals surface area contributed by atoms with Crippen LogP contribution in [0.25, 0.3) is 11.0 Å². The number of halogens is 4. The van der Waals surface area contributed by atoms with Crippen molar-refractivity contribution < 1.29 is 31.9 Å². The van der Waals surface area contributed by atoms with Crippen LogP contribution in [0.15, 0.2) is 70.0 Å². The van der Waals surface area contributed by atoms with Gasteiger partial charge < -0.3 is 14.5 Å². The van der Waals surface area contributed by atoms with Crippen LogP contribution in [-0.4, -0.2) is 24.2 Å². The zero-order valence-electron chi connectivity index (χ0n) is 22.7. The highest BCUT2D eigenvalue weighted by Gasteiger charge is 2.34. The Balaban J connectivity index is 1.64. The number of nitrogens with one attached hydrogen (secondary N) is 1. The lowest BCUT2D eigenvalue weighted by atomic mass is 9.99. The summed E-state index contributed by atoms with van der Waals surface area (Å²) in [6.07, 6.45) is -4.16. The van der Waals surface area contributed by atoms with Crippen molar-refractivity contribution in [1.29, 1.82) is 0 Å². The van der Waals surface area contributed by atoms with Gasteiger partial charge in [-0.15, -0.1) is 11.8 Å². The molecule has 4 aromatic rings. The molecule has 5 nitrogen and oxygen atoms in total. The minimum Gasteiger partial charge on any atom is -0.464 e. The Hall–Kier alpha value is -3.43. The molecule has 4 rings (SSSR count). The van der Waals surface area contributed by atoms with Gasteiger partial charge in [0, 0.05) is 32.9 Å². The highest BCUT2D eigenvalue weighted by atomic mass is 35.5. The van der Waals surface area contributed by atoms with Crippen molar-refractivity contribution in [3.8, 4) is 0 Å². The van der Waals surface area contributed by atoms with Crippen LogP contribution in [0.1, 0.15) is 65.2 Å². The number of benzene rings is 3. The van der Waals surface area contributed by atoms with Gasteiger partial charge in [0.2, 0.25) is 0 Å². The summed E-state index contributed by atoms with van der Waals surface area (Å²) in [7, 11) is 0. The fourth-order valence-corrected chi connectivity index (χ4v) is 5.49. The van der Waals surface area contributed by atoms with E-state index in [1.807, 2.05) is 26.0 Å². The number of hydrogen-bond donors (Lipinski definition) is 1. The van der Waals surface area contributed by atoms with E-state index in [1.54, 1.807) is 43.0 Å². The summed E-state index contributed by atoms with van der Waals surface area (Å²) in [4.78, 5) is 27.1. The zero-order chi connectivity index (χ0) is 29.7. The van der Waals surface area contributed by atoms with E-state index in [-0.39, 0.29) is 29.2 Å². The number of carbonyl (C=O) groups is 2. The molecule has 0 saturated heterocycles. The number of fused-ring (bicyclic) bond motifs is 1. The summed E-state index contributed by atoms with van der Waals surface area (Å²) in [6, 6.07) is 14.8. The summed E-state index contributed by atoms with van der Waals surface area (Å²) in [5, 5.41) is 3.45. The Morgan fingerprint density at radius 1 is 1.02 bits per heavy atom. The maximum absolute atomic E-state index is 13.7. The first kappa shape index (κ1) is 30.5. The third-order valence-electron chi connectivity index (χ3n) is 6.54. The fourth-order valence-electron chi connectivity index (χ4n) is 4.65. The van der Waals surface area contributed by atoms with Crippen molar-refractivity contribution >= 4 is 46.2 Å². The smallest absolute Gasteiger partial charge is 0.416 e. The number of thioether (sulfide) groups is 1. The topological polar surface area (TPSA) is 68.5 Å². The van der Waals surface area contributed by atoms with Crippen molar-refractivity contribution in [2.75, 3.05) is 12.4 Å². The maximum atomic E-state index is 13.7. The SMILES string of the molecule is CCOC(=O)C(NC(=O)c1ccc2c(CC)c(Cc3ccc(Cl)cc3C(F)(F)F)oc2c1)c1ccc(SCC)cc1. The van der Waals surface area contributed by atoms with Crippen molar-refractivity contribution in [2.24, 2.45) is 0 Å². The first-order valence-electron chi connectivity index (χ1n) is 13.2. The molecule has 1 atom stereocenters. The molecule has 1 unspecified atom stereocenters. The molecule has 1 amide bonds. The van der Waals surface area contributed by atoms with E-state index in [2.05, 4.69) is 5.32 Å². The van der Waals surface area contributed by atoms with E-state index in [9.17, 15) is 22.8 Å². The third-order valence-corrected chi connectivity index (χ3v) is 7.67. The van der Waals surface area contributed by atoms with Crippen LogP contribution < -0.4 is 5.32 Å². The molecular formula is C31H29ClF3NO4S. The number of carbonyl (C=O) groups excluding carboxylic acids is 2. The average molecular weight is 604 g/mol. The summed E-state index contributed by atoms with van der Waals surface area (Å²) in [5.74, 6) is 0.166. The van der Waals surface area contributed by atoms with E-state index in [4.69, 9.17) is 20.8 Å². The largest absolute Gasteiger partial charge is 0.464 e. The van der Waals surface area contributed by atoms with Gasteiger partial charge >= 0.3 is 12.1 Å². The van der Waals surface area contributed by atoms with E-state index in [0.717, 1.165) is 22.3 Å². The standard InChI is InChI=1S/C31H29ClF3NO4S/c1-4-23-24-14-10-20(16-27(24)40-26(23)15-19-7-11-21(32)17-25(19)31(33,34)35)29(37)36-28(30(38)39-5-2)18-8-12-22(13-9-18)41-6-3/h7-14,16-17,28H,4-6,15H2,1-3H3,(H,36,37). The molecule has 1 heterocycles. The van der Waals surface area contributed by atoms with Crippen LogP contribution in [0.3, 0.4) is 0 Å². The number of furan rings is 1. The second-order valence-corrected chi connectivity index (χ2v) is 11.0. The van der Waals surface area contributed by atoms with E-state index in [0.29, 0.717) is 28.7 Å². The molecule has 1 N–H and O–H groups in total. The highest BCUT2D eigenvalue weighted by molar-refractivity contribution is 7.99. The monoisotopic (exact) mass is 603 g/mol. The van der Waals surface area contributed by atoms with Gasteiger partial charge in [-0.3, -0.25) is 4.79 Å². The van der Waals surface area contributed by atoms with Gasteiger partial charge in [-0.2, -0.15) is 13.2 Å². The van der Waals surface area contributed by atoms with Crippen molar-refractivity contribution in [1.82, 2.24) is 5.32 Å². The Morgan fingerprint density at radius 2 is 1.76 bits per heavy atom. The molecule has 0 aliphatic rings. The predicted molar refractivity (Wildman–Crippen MR) is 155 cm³/mol. The lowest BCUT2D eigenvalue weighted by Gasteiger charge is -2.18. The average Bonchev–Trinajstić information content (AvgIpc) is 3.29. The van der Waals surface area contributed by atoms with Crippen molar-refractivity contribution in [2.45, 2.75) is 50.7 Å². The van der Waals surface area contributed by atoms with Gasteiger partial charge in [0.25, 0.3) is 5.91 Å². The van der Waals surface area contributed by atoms with Crippen molar-refractivity contribution in [3.05, 3.63) is 99.3 Å². The number of hydrogen-bond acceptors (Lipinski definition) is 5. The molecule has 0 radical (unpaired) electrons. The van der Waals surface area contributed by atoms with Gasteiger partial charge in [0.1, 0.15) is 11.3 Å². The van der Waals surface area contributed by atoms with Crippen molar-refractivity contribution in [3.63, 3.8) is 0 Å². The molecule has 10 heteroatoms. The molecule has 0 fully saturated rings. The second kappa shape index (κ2) is 13.0. The van der Waals surface area contributed by atoms with E-state index < -0.39 is 29.7 Å². The Labute approximate surface area is 245 Å². The molecular weight excluding hydrogens is 575 g/mol. The molecule has 1 aromatic heterocycles. The fraction of sp³-hybridized carbons (Fsp3) is 0.290. The molecule has 41 heavy (non-hydrogen) atoms. The summed E-state index contributed by atoms with van der Waals surface area (Å²) < 4.78 is 52.3. The summed E-state index contributed by atoms with van der Waals surface area (Å²) in [5.41, 5.74) is 1.14. The number of alkyl halides is 3. The minimum absolute atomic E-state index is 0.00559. The molecule has 0 aliphatic heterocycles. The van der Waals surface area contributed by atoms with E-state index >= 15 is 0 Å². The summed E-state index contributed by atoms with van der Waals surface area (Å²) in [6.45, 7) is 5.77. The van der Waals surface area contributed by atoms with E-state index in [1.165, 1.54) is 18.2 Å². The minimum atomic E-state index is -4.57. The number of aryl methyl sites for hydroxylation is 1.